The molecule has 3 N–H and O–H groups in total. The van der Waals surface area contributed by atoms with E-state index < -0.39 is 5.91 Å². The zero-order chi connectivity index (χ0) is 17.8. The number of carbonyl (C=O) groups excluding carboxylic acids is 1. The molecule has 0 unspecified atom stereocenters. The number of hydrogen-bond acceptors (Lipinski definition) is 5. The smallest absolute Gasteiger partial charge is 0.250 e. The van der Waals surface area contributed by atoms with Crippen molar-refractivity contribution in [1.82, 2.24) is 9.97 Å². The molecule has 0 aliphatic carbocycles. The molecule has 1 radical (unpaired) electrons. The summed E-state index contributed by atoms with van der Waals surface area (Å²) in [5.41, 5.74) is 6.56. The highest BCUT2D eigenvalue weighted by Gasteiger charge is 2.19. The van der Waals surface area contributed by atoms with Crippen LogP contribution < -0.4 is 11.1 Å². The van der Waals surface area contributed by atoms with Crippen LogP contribution in [-0.2, 0) is 4.74 Å². The normalized spacial score (nSPS) is 15.1. The summed E-state index contributed by atoms with van der Waals surface area (Å²) in [6.07, 6.45) is 6.12. The van der Waals surface area contributed by atoms with E-state index in [1.54, 1.807) is 12.1 Å². The van der Waals surface area contributed by atoms with Crippen molar-refractivity contribution >= 4 is 34.9 Å². The summed E-state index contributed by atoms with van der Waals surface area (Å²) in [5.74, 6) is 0.383. The van der Waals surface area contributed by atoms with Crippen molar-refractivity contribution in [3.05, 3.63) is 40.1 Å². The largest absolute Gasteiger partial charge is 0.381 e. The number of rotatable bonds is 5. The summed E-state index contributed by atoms with van der Waals surface area (Å²) in [6.45, 7) is 2.26. The summed E-state index contributed by atoms with van der Waals surface area (Å²) in [4.78, 5) is 20.1. The topological polar surface area (TPSA) is 90.1 Å². The van der Waals surface area contributed by atoms with Gasteiger partial charge in [0.1, 0.15) is 5.82 Å². The first-order valence-electron chi connectivity index (χ1n) is 7.90. The molecule has 0 aromatic carbocycles. The molecule has 8 heteroatoms. The Morgan fingerprint density at radius 2 is 2.16 bits per heavy atom. The van der Waals surface area contributed by atoms with Crippen LogP contribution in [0.3, 0.4) is 0 Å². The van der Waals surface area contributed by atoms with Crippen molar-refractivity contribution in [2.75, 3.05) is 25.1 Å². The number of hydrogen-bond donors (Lipinski definition) is 2. The summed E-state index contributed by atoms with van der Waals surface area (Å²) in [6, 6.07) is 3.13. The lowest BCUT2D eigenvalue weighted by molar-refractivity contribution is 0.0699. The molecule has 0 saturated carbocycles. The lowest BCUT2D eigenvalue weighted by Crippen LogP contribution is -2.23. The third-order valence-corrected chi connectivity index (χ3v) is 4.79. The van der Waals surface area contributed by atoms with Gasteiger partial charge < -0.3 is 15.8 Å². The van der Waals surface area contributed by atoms with Crippen LogP contribution >= 0.6 is 23.2 Å². The van der Waals surface area contributed by atoms with Gasteiger partial charge >= 0.3 is 0 Å². The number of anilines is 1. The van der Waals surface area contributed by atoms with Crippen molar-refractivity contribution in [3.8, 4) is 11.3 Å². The molecule has 1 amide bonds. The summed E-state index contributed by atoms with van der Waals surface area (Å²) in [5, 5.41) is 3.79. The maximum atomic E-state index is 11.8. The van der Waals surface area contributed by atoms with Crippen LogP contribution in [0.1, 0.15) is 23.2 Å². The van der Waals surface area contributed by atoms with Gasteiger partial charge in [0.2, 0.25) is 5.91 Å². The molecule has 2 aromatic rings. The minimum absolute atomic E-state index is 0.158. The van der Waals surface area contributed by atoms with Crippen molar-refractivity contribution in [2.45, 2.75) is 12.8 Å². The Hall–Kier alpha value is -1.89. The third kappa shape index (κ3) is 4.21. The van der Waals surface area contributed by atoms with Gasteiger partial charge in [0, 0.05) is 31.5 Å². The summed E-state index contributed by atoms with van der Waals surface area (Å²) in [7, 11) is 0. The van der Waals surface area contributed by atoms with E-state index in [9.17, 15) is 4.79 Å². The van der Waals surface area contributed by atoms with Gasteiger partial charge in [-0.2, -0.15) is 0 Å². The SMILES string of the molecule is NC(=O)c1cc(NCC2CCOCC2)nc(-c2c[c]ncc2Cl)c1Cl. The highest BCUT2D eigenvalue weighted by Crippen LogP contribution is 2.34. The average Bonchev–Trinajstić information content (AvgIpc) is 2.62. The van der Waals surface area contributed by atoms with Gasteiger partial charge in [0.15, 0.2) is 0 Å². The van der Waals surface area contributed by atoms with Crippen LogP contribution in [0.4, 0.5) is 5.82 Å². The van der Waals surface area contributed by atoms with E-state index in [4.69, 9.17) is 33.7 Å². The second-order valence-electron chi connectivity index (χ2n) is 5.81. The van der Waals surface area contributed by atoms with Crippen LogP contribution in [-0.4, -0.2) is 35.6 Å². The number of ether oxygens (including phenoxy) is 1. The van der Waals surface area contributed by atoms with Crippen molar-refractivity contribution < 1.29 is 9.53 Å². The van der Waals surface area contributed by atoms with E-state index in [2.05, 4.69) is 21.5 Å². The number of halogens is 2. The molecule has 6 nitrogen and oxygen atoms in total. The third-order valence-electron chi connectivity index (χ3n) is 4.11. The first kappa shape index (κ1) is 17.9. The van der Waals surface area contributed by atoms with Gasteiger partial charge in [0.25, 0.3) is 0 Å². The van der Waals surface area contributed by atoms with Crippen LogP contribution in [0.2, 0.25) is 10.0 Å². The van der Waals surface area contributed by atoms with Crippen LogP contribution in [0.25, 0.3) is 11.3 Å². The van der Waals surface area contributed by atoms with E-state index in [1.165, 1.54) is 6.20 Å². The van der Waals surface area contributed by atoms with Gasteiger partial charge in [-0.3, -0.25) is 9.78 Å². The lowest BCUT2D eigenvalue weighted by Gasteiger charge is -2.22. The molecule has 1 aliphatic rings. The standard InChI is InChI=1S/C17H17Cl2N4O2/c18-13-9-21-4-1-11(13)16-15(19)12(17(20)24)7-14(23-16)22-8-10-2-5-25-6-3-10/h1,7,9-10H,2-3,5-6,8H2,(H2,20,24)(H,22,23). The van der Waals surface area contributed by atoms with Gasteiger partial charge in [-0.25, -0.2) is 4.98 Å². The molecule has 0 atom stereocenters. The molecule has 1 saturated heterocycles. The maximum Gasteiger partial charge on any atom is 0.250 e. The summed E-state index contributed by atoms with van der Waals surface area (Å²) >= 11 is 12.5. The fourth-order valence-corrected chi connectivity index (χ4v) is 3.18. The van der Waals surface area contributed by atoms with Gasteiger partial charge in [-0.05, 0) is 30.9 Å². The minimum atomic E-state index is -0.628. The Bertz CT molecular complexity index is 779. The molecule has 1 aliphatic heterocycles. The molecule has 0 bridgehead atoms. The van der Waals surface area contributed by atoms with E-state index >= 15 is 0 Å². The zero-order valence-electron chi connectivity index (χ0n) is 13.4. The lowest BCUT2D eigenvalue weighted by atomic mass is 10.0. The zero-order valence-corrected chi connectivity index (χ0v) is 14.9. The monoisotopic (exact) mass is 379 g/mol. The number of nitrogens with two attached hydrogens (primary N) is 1. The number of nitrogens with zero attached hydrogens (tertiary/aromatic N) is 2. The highest BCUT2D eigenvalue weighted by molar-refractivity contribution is 6.38. The van der Waals surface area contributed by atoms with E-state index in [0.717, 1.165) is 32.6 Å². The fourth-order valence-electron chi connectivity index (χ4n) is 2.69. The van der Waals surface area contributed by atoms with Crippen molar-refractivity contribution in [1.29, 1.82) is 0 Å². The Kier molecular flexibility index (Phi) is 5.73. The predicted molar refractivity (Wildman–Crippen MR) is 96.9 cm³/mol. The number of aromatic nitrogens is 2. The number of carbonyl (C=O) groups is 1. The molecule has 0 spiro atoms. The van der Waals surface area contributed by atoms with Gasteiger partial charge in [0.05, 0.1) is 27.5 Å². The van der Waals surface area contributed by atoms with Crippen LogP contribution in [0, 0.1) is 12.1 Å². The number of pyridine rings is 2. The quantitative estimate of drug-likeness (QED) is 0.832. The predicted octanol–water partition coefficient (Wildman–Crippen LogP) is 3.19. The maximum absolute atomic E-state index is 11.8. The average molecular weight is 380 g/mol. The van der Waals surface area contributed by atoms with Gasteiger partial charge in [-0.1, -0.05) is 23.2 Å². The molecule has 2 aromatic heterocycles. The Labute approximate surface area is 155 Å². The van der Waals surface area contributed by atoms with Crippen molar-refractivity contribution in [3.63, 3.8) is 0 Å². The number of nitrogens with one attached hydrogen (secondary N) is 1. The summed E-state index contributed by atoms with van der Waals surface area (Å²) < 4.78 is 5.36. The van der Waals surface area contributed by atoms with Crippen LogP contribution in [0.15, 0.2) is 18.3 Å². The van der Waals surface area contributed by atoms with Crippen molar-refractivity contribution in [2.24, 2.45) is 11.7 Å². The number of amides is 1. The Morgan fingerprint density at radius 3 is 2.84 bits per heavy atom. The molecule has 3 rings (SSSR count). The minimum Gasteiger partial charge on any atom is -0.381 e. The second kappa shape index (κ2) is 7.99. The fraction of sp³-hybridized carbons (Fsp3) is 0.353. The highest BCUT2D eigenvalue weighted by atomic mass is 35.5. The molecule has 25 heavy (non-hydrogen) atoms. The molecule has 1 fully saturated rings. The Morgan fingerprint density at radius 1 is 1.40 bits per heavy atom. The van der Waals surface area contributed by atoms with E-state index in [-0.39, 0.29) is 10.6 Å². The number of primary amides is 1. The van der Waals surface area contributed by atoms with Gasteiger partial charge in [-0.15, -0.1) is 0 Å². The molecular weight excluding hydrogens is 363 g/mol. The molecular formula is C17H17Cl2N4O2. The molecule has 131 valence electrons. The van der Waals surface area contributed by atoms with Crippen LogP contribution in [0.5, 0.6) is 0 Å². The first-order chi connectivity index (χ1) is 12.1. The molecule has 3 heterocycles. The first-order valence-corrected chi connectivity index (χ1v) is 8.65. The van der Waals surface area contributed by atoms with E-state index in [1.807, 2.05) is 0 Å². The second-order valence-corrected chi connectivity index (χ2v) is 6.60. The van der Waals surface area contributed by atoms with E-state index in [0.29, 0.717) is 28.0 Å². The Balaban J connectivity index is 1.93.